The minimum Gasteiger partial charge on any atom is -0.361 e. The van der Waals surface area contributed by atoms with Crippen molar-refractivity contribution in [2.24, 2.45) is 0 Å². The van der Waals surface area contributed by atoms with Gasteiger partial charge in [-0.3, -0.25) is 0 Å². The van der Waals surface area contributed by atoms with Gasteiger partial charge in [-0.1, -0.05) is 12.1 Å². The maximum Gasteiger partial charge on any atom is 0.162 e. The van der Waals surface area contributed by atoms with Crippen LogP contribution in [-0.4, -0.2) is 29.5 Å². The number of benzene rings is 2. The van der Waals surface area contributed by atoms with E-state index >= 15 is 0 Å². The molecule has 6 nitrogen and oxygen atoms in total. The molecule has 27 heavy (non-hydrogen) atoms. The van der Waals surface area contributed by atoms with Crippen LogP contribution in [0, 0.1) is 0 Å². The van der Waals surface area contributed by atoms with Crippen LogP contribution >= 0.6 is 0 Å². The quantitative estimate of drug-likeness (QED) is 0.508. The molecule has 6 rings (SSSR count). The second-order valence-electron chi connectivity index (χ2n) is 6.45. The highest BCUT2D eigenvalue weighted by Crippen LogP contribution is 2.28. The van der Waals surface area contributed by atoms with Crippen molar-refractivity contribution in [3.05, 3.63) is 79.4 Å². The van der Waals surface area contributed by atoms with Gasteiger partial charge in [0.25, 0.3) is 0 Å². The molecular formula is C21H14N6. The van der Waals surface area contributed by atoms with E-state index < -0.39 is 0 Å². The fourth-order valence-corrected chi connectivity index (χ4v) is 3.70. The molecule has 4 heterocycles. The second kappa shape index (κ2) is 5.28. The Kier molecular flexibility index (Phi) is 2.79. The molecule has 0 saturated heterocycles. The first-order valence-corrected chi connectivity index (χ1v) is 8.72. The zero-order valence-electron chi connectivity index (χ0n) is 14.2. The predicted molar refractivity (Wildman–Crippen MR) is 105 cm³/mol. The topological polar surface area (TPSA) is 64.3 Å². The molecule has 0 fully saturated rings. The Balaban J connectivity index is 1.63. The number of hydrogen-bond acceptors (Lipinski definition) is 3. The Morgan fingerprint density at radius 1 is 0.741 bits per heavy atom. The summed E-state index contributed by atoms with van der Waals surface area (Å²) in [5.41, 5.74) is 4.97. The summed E-state index contributed by atoms with van der Waals surface area (Å²) >= 11 is 0. The van der Waals surface area contributed by atoms with E-state index in [-0.39, 0.29) is 0 Å². The number of nitrogens with one attached hydrogen (secondary N) is 1. The van der Waals surface area contributed by atoms with Gasteiger partial charge in [-0.05, 0) is 42.5 Å². The fourth-order valence-electron chi connectivity index (χ4n) is 3.70. The molecule has 6 aromatic rings. The normalized spacial score (nSPS) is 11.7. The van der Waals surface area contributed by atoms with Crippen molar-refractivity contribution in [3.63, 3.8) is 0 Å². The minimum absolute atomic E-state index is 0.838. The first-order valence-electron chi connectivity index (χ1n) is 8.72. The first-order chi connectivity index (χ1) is 13.4. The van der Waals surface area contributed by atoms with Crippen LogP contribution in [0.5, 0.6) is 0 Å². The van der Waals surface area contributed by atoms with Crippen LogP contribution in [0.3, 0.4) is 0 Å². The first kappa shape index (κ1) is 14.3. The molecule has 128 valence electrons. The van der Waals surface area contributed by atoms with Crippen molar-refractivity contribution in [2.75, 3.05) is 0 Å². The van der Waals surface area contributed by atoms with Crippen LogP contribution in [0.25, 0.3) is 44.2 Å². The summed E-state index contributed by atoms with van der Waals surface area (Å²) in [6, 6.07) is 18.4. The Morgan fingerprint density at radius 2 is 1.59 bits per heavy atom. The van der Waals surface area contributed by atoms with Crippen LogP contribution in [0.15, 0.2) is 79.4 Å². The lowest BCUT2D eigenvalue weighted by Gasteiger charge is -2.07. The lowest BCUT2D eigenvalue weighted by molar-refractivity contribution is 0.904. The molecule has 0 saturated carbocycles. The summed E-state index contributed by atoms with van der Waals surface area (Å²) in [6.07, 6.45) is 7.47. The van der Waals surface area contributed by atoms with Gasteiger partial charge in [-0.25, -0.2) is 14.3 Å². The molecule has 0 bridgehead atoms. The Labute approximate surface area is 153 Å². The molecule has 2 aromatic carbocycles. The lowest BCUT2D eigenvalue weighted by atomic mass is 10.2. The summed E-state index contributed by atoms with van der Waals surface area (Å²) < 4.78 is 3.86. The van der Waals surface area contributed by atoms with E-state index in [1.54, 1.807) is 6.20 Å². The van der Waals surface area contributed by atoms with E-state index in [2.05, 4.69) is 44.4 Å². The number of fused-ring (bicyclic) bond motifs is 3. The number of nitrogens with zero attached hydrogens (tertiary/aromatic N) is 5. The van der Waals surface area contributed by atoms with E-state index in [4.69, 9.17) is 0 Å². The van der Waals surface area contributed by atoms with Crippen molar-refractivity contribution < 1.29 is 0 Å². The number of aromatic amines is 1. The average Bonchev–Trinajstić information content (AvgIpc) is 3.44. The highest BCUT2D eigenvalue weighted by atomic mass is 15.3. The number of hydrogen-bond donors (Lipinski definition) is 1. The summed E-state index contributed by atoms with van der Waals surface area (Å²) in [7, 11) is 0. The van der Waals surface area contributed by atoms with Gasteiger partial charge in [0, 0.05) is 34.1 Å². The summed E-state index contributed by atoms with van der Waals surface area (Å²) in [6.45, 7) is 0. The molecule has 4 aromatic heterocycles. The van der Waals surface area contributed by atoms with E-state index in [0.717, 1.165) is 44.2 Å². The van der Waals surface area contributed by atoms with Crippen molar-refractivity contribution in [1.29, 1.82) is 0 Å². The lowest BCUT2D eigenvalue weighted by Crippen LogP contribution is -1.99. The fraction of sp³-hybridized carbons (Fsp3) is 0. The van der Waals surface area contributed by atoms with E-state index in [1.165, 1.54) is 0 Å². The molecule has 0 spiro atoms. The average molecular weight is 350 g/mol. The van der Waals surface area contributed by atoms with Crippen LogP contribution < -0.4 is 0 Å². The summed E-state index contributed by atoms with van der Waals surface area (Å²) in [4.78, 5) is 7.75. The maximum absolute atomic E-state index is 4.69. The molecule has 0 amide bonds. The van der Waals surface area contributed by atoms with Crippen LogP contribution in [0.4, 0.5) is 0 Å². The van der Waals surface area contributed by atoms with Crippen LogP contribution in [-0.2, 0) is 0 Å². The standard InChI is InChI=1S/C21H14N6/c1-5-17-15(9-11-22-17)18(6-1)26-19-7-2-8-20(16(19)13-25-26)27-21-14(12-24-27)4-3-10-23-21/h1-13,22H. The van der Waals surface area contributed by atoms with E-state index in [0.29, 0.717) is 0 Å². The summed E-state index contributed by atoms with van der Waals surface area (Å²) in [5.74, 6) is 0. The molecule has 1 N–H and O–H groups in total. The van der Waals surface area contributed by atoms with Crippen molar-refractivity contribution in [3.8, 4) is 11.4 Å². The van der Waals surface area contributed by atoms with Gasteiger partial charge >= 0.3 is 0 Å². The maximum atomic E-state index is 4.69. The molecule has 0 aliphatic rings. The zero-order chi connectivity index (χ0) is 17.8. The monoisotopic (exact) mass is 350 g/mol. The number of rotatable bonds is 2. The minimum atomic E-state index is 0.838. The summed E-state index contributed by atoms with van der Waals surface area (Å²) in [5, 5.41) is 12.4. The van der Waals surface area contributed by atoms with Gasteiger partial charge in [-0.2, -0.15) is 10.2 Å². The molecule has 0 radical (unpaired) electrons. The van der Waals surface area contributed by atoms with Gasteiger partial charge in [0.2, 0.25) is 0 Å². The Hall–Kier alpha value is -3.93. The number of pyridine rings is 1. The molecule has 0 atom stereocenters. The van der Waals surface area contributed by atoms with Gasteiger partial charge in [0.15, 0.2) is 5.65 Å². The number of H-pyrrole nitrogens is 1. The number of aromatic nitrogens is 6. The predicted octanol–water partition coefficient (Wildman–Crippen LogP) is 4.24. The van der Waals surface area contributed by atoms with Crippen molar-refractivity contribution >= 4 is 32.8 Å². The molecule has 0 aliphatic heterocycles. The smallest absolute Gasteiger partial charge is 0.162 e. The van der Waals surface area contributed by atoms with Gasteiger partial charge in [0.05, 0.1) is 29.3 Å². The third-order valence-electron chi connectivity index (χ3n) is 4.95. The highest BCUT2D eigenvalue weighted by molar-refractivity contribution is 5.94. The largest absolute Gasteiger partial charge is 0.361 e. The second-order valence-corrected chi connectivity index (χ2v) is 6.45. The Morgan fingerprint density at radius 3 is 2.56 bits per heavy atom. The molecule has 0 unspecified atom stereocenters. The molecule has 6 heteroatoms. The zero-order valence-corrected chi connectivity index (χ0v) is 14.2. The van der Waals surface area contributed by atoms with E-state index in [1.807, 2.05) is 58.3 Å². The SMILES string of the molecule is c1cnc2c(c1)cnn2-c1cccc2c1cnn2-c1cccc2[nH]ccc12. The van der Waals surface area contributed by atoms with Gasteiger partial charge in [0.1, 0.15) is 0 Å². The van der Waals surface area contributed by atoms with E-state index in [9.17, 15) is 0 Å². The highest BCUT2D eigenvalue weighted by Gasteiger charge is 2.14. The molecule has 0 aliphatic carbocycles. The third-order valence-corrected chi connectivity index (χ3v) is 4.95. The third kappa shape index (κ3) is 1.98. The van der Waals surface area contributed by atoms with Crippen LogP contribution in [0.1, 0.15) is 0 Å². The van der Waals surface area contributed by atoms with Crippen molar-refractivity contribution in [2.45, 2.75) is 0 Å². The van der Waals surface area contributed by atoms with Crippen molar-refractivity contribution in [1.82, 2.24) is 29.5 Å². The van der Waals surface area contributed by atoms with Crippen LogP contribution in [0.2, 0.25) is 0 Å². The molecular weight excluding hydrogens is 336 g/mol. The van der Waals surface area contributed by atoms with Gasteiger partial charge in [-0.15, -0.1) is 0 Å². The Bertz CT molecular complexity index is 1440. The van der Waals surface area contributed by atoms with Gasteiger partial charge < -0.3 is 4.98 Å².